The highest BCUT2D eigenvalue weighted by atomic mass is 16.4. The Morgan fingerprint density at radius 2 is 1.83 bits per heavy atom. The normalized spacial score (nSPS) is 43.0. The minimum atomic E-state index is -1.11. The minimum absolute atomic E-state index is 0.0441. The Hall–Kier alpha value is -0.200. The summed E-state index contributed by atoms with van der Waals surface area (Å²) in [6.45, 7) is 0.209. The highest BCUT2D eigenvalue weighted by Crippen LogP contribution is 2.12. The van der Waals surface area contributed by atoms with Crippen LogP contribution in [0, 0.1) is 0 Å². The molecular formula is C7H15NO4. The predicted molar refractivity (Wildman–Crippen MR) is 41.5 cm³/mol. The van der Waals surface area contributed by atoms with E-state index in [2.05, 4.69) is 5.32 Å². The van der Waals surface area contributed by atoms with Crippen molar-refractivity contribution in [3.05, 3.63) is 0 Å². The first kappa shape index (κ1) is 9.88. The summed E-state index contributed by atoms with van der Waals surface area (Å²) >= 11 is 0. The van der Waals surface area contributed by atoms with E-state index in [0.717, 1.165) is 0 Å². The average molecular weight is 177 g/mol. The summed E-state index contributed by atoms with van der Waals surface area (Å²) in [5, 5.41) is 39.1. The quantitative estimate of drug-likeness (QED) is 0.319. The summed E-state index contributed by atoms with van der Waals surface area (Å²) in [4.78, 5) is 0. The maximum atomic E-state index is 9.36. The van der Waals surface area contributed by atoms with Gasteiger partial charge in [-0.05, 0) is 6.42 Å². The van der Waals surface area contributed by atoms with E-state index in [9.17, 15) is 10.2 Å². The summed E-state index contributed by atoms with van der Waals surface area (Å²) in [6, 6.07) is -0.326. The third-order valence-electron chi connectivity index (χ3n) is 2.19. The molecule has 4 atom stereocenters. The van der Waals surface area contributed by atoms with Gasteiger partial charge in [0.2, 0.25) is 0 Å². The fourth-order valence-corrected chi connectivity index (χ4v) is 1.39. The molecule has 0 saturated carbocycles. The van der Waals surface area contributed by atoms with Crippen molar-refractivity contribution in [1.82, 2.24) is 5.32 Å². The highest BCUT2D eigenvalue weighted by Gasteiger charge is 2.35. The van der Waals surface area contributed by atoms with Gasteiger partial charge < -0.3 is 25.7 Å². The van der Waals surface area contributed by atoms with Crippen LogP contribution >= 0.6 is 0 Å². The van der Waals surface area contributed by atoms with Crippen molar-refractivity contribution in [3.8, 4) is 0 Å². The number of rotatable bonds is 2. The third-order valence-corrected chi connectivity index (χ3v) is 2.19. The summed E-state index contributed by atoms with van der Waals surface area (Å²) < 4.78 is 0. The van der Waals surface area contributed by atoms with Gasteiger partial charge in [0.25, 0.3) is 0 Å². The lowest BCUT2D eigenvalue weighted by molar-refractivity contribution is -0.0965. The molecule has 0 radical (unpaired) electrons. The molecule has 1 rings (SSSR count). The molecule has 1 saturated heterocycles. The van der Waals surface area contributed by atoms with E-state index in [1.165, 1.54) is 0 Å². The molecule has 0 aliphatic carbocycles. The number of piperidine rings is 1. The van der Waals surface area contributed by atoms with Crippen LogP contribution in [0.2, 0.25) is 0 Å². The molecular weight excluding hydrogens is 162 g/mol. The Bertz CT molecular complexity index is 143. The van der Waals surface area contributed by atoms with Crippen molar-refractivity contribution in [2.75, 3.05) is 13.2 Å². The van der Waals surface area contributed by atoms with E-state index >= 15 is 0 Å². The van der Waals surface area contributed by atoms with E-state index in [1.807, 2.05) is 0 Å². The molecule has 1 aliphatic heterocycles. The molecule has 0 bridgehead atoms. The summed E-state index contributed by atoms with van der Waals surface area (Å²) in [7, 11) is 0. The molecule has 12 heavy (non-hydrogen) atoms. The van der Waals surface area contributed by atoms with Crippen molar-refractivity contribution in [1.29, 1.82) is 0 Å². The first-order valence-corrected chi connectivity index (χ1v) is 4.05. The SMILES string of the molecule is OCCC1NCC(O)C(O)C1O. The summed E-state index contributed by atoms with van der Waals surface area (Å²) in [6.07, 6.45) is -2.65. The van der Waals surface area contributed by atoms with Crippen LogP contribution in [0.3, 0.4) is 0 Å². The predicted octanol–water partition coefficient (Wildman–Crippen LogP) is -2.58. The highest BCUT2D eigenvalue weighted by molar-refractivity contribution is 4.91. The number of hydrogen-bond acceptors (Lipinski definition) is 5. The Morgan fingerprint density at radius 3 is 2.42 bits per heavy atom. The van der Waals surface area contributed by atoms with Gasteiger partial charge in [-0.15, -0.1) is 0 Å². The van der Waals surface area contributed by atoms with Gasteiger partial charge in [0.05, 0.1) is 12.2 Å². The molecule has 0 spiro atoms. The average Bonchev–Trinajstić information content (AvgIpc) is 2.07. The Kier molecular flexibility index (Phi) is 3.42. The van der Waals surface area contributed by atoms with Crippen molar-refractivity contribution in [2.45, 2.75) is 30.8 Å². The standard InChI is InChI=1S/C7H15NO4/c9-2-1-4-6(11)7(12)5(10)3-8-4/h4-12H,1-3H2. The van der Waals surface area contributed by atoms with Crippen molar-refractivity contribution >= 4 is 0 Å². The van der Waals surface area contributed by atoms with Gasteiger partial charge >= 0.3 is 0 Å². The maximum Gasteiger partial charge on any atom is 0.108 e. The van der Waals surface area contributed by atoms with Crippen LogP contribution in [0.25, 0.3) is 0 Å². The molecule has 1 fully saturated rings. The van der Waals surface area contributed by atoms with Gasteiger partial charge in [0, 0.05) is 19.2 Å². The first-order valence-electron chi connectivity index (χ1n) is 4.05. The monoisotopic (exact) mass is 177 g/mol. The van der Waals surface area contributed by atoms with Gasteiger partial charge in [0.1, 0.15) is 6.10 Å². The van der Waals surface area contributed by atoms with Crippen LogP contribution in [0.5, 0.6) is 0 Å². The lowest BCUT2D eigenvalue weighted by Gasteiger charge is -2.35. The molecule has 0 amide bonds. The second-order valence-electron chi connectivity index (χ2n) is 3.08. The number of aliphatic hydroxyl groups excluding tert-OH is 4. The maximum absolute atomic E-state index is 9.36. The second kappa shape index (κ2) is 4.15. The zero-order valence-corrected chi connectivity index (χ0v) is 6.72. The van der Waals surface area contributed by atoms with Gasteiger partial charge in [-0.3, -0.25) is 0 Å². The topological polar surface area (TPSA) is 93.0 Å². The molecule has 0 aromatic carbocycles. The van der Waals surface area contributed by atoms with Crippen LogP contribution in [0.15, 0.2) is 0 Å². The molecule has 5 N–H and O–H groups in total. The molecule has 4 unspecified atom stereocenters. The van der Waals surface area contributed by atoms with E-state index in [1.54, 1.807) is 0 Å². The lowest BCUT2D eigenvalue weighted by Crippen LogP contribution is -2.59. The molecule has 0 aromatic heterocycles. The van der Waals surface area contributed by atoms with Crippen LogP contribution < -0.4 is 5.32 Å². The van der Waals surface area contributed by atoms with Crippen molar-refractivity contribution < 1.29 is 20.4 Å². The molecule has 1 heterocycles. The molecule has 0 aromatic rings. The van der Waals surface area contributed by atoms with Gasteiger partial charge in [-0.25, -0.2) is 0 Å². The van der Waals surface area contributed by atoms with E-state index in [4.69, 9.17) is 10.2 Å². The summed E-state index contributed by atoms with van der Waals surface area (Å²) in [5.41, 5.74) is 0. The Balaban J connectivity index is 2.46. The molecule has 5 heteroatoms. The molecule has 1 aliphatic rings. The summed E-state index contributed by atoms with van der Waals surface area (Å²) in [5.74, 6) is 0. The van der Waals surface area contributed by atoms with Crippen molar-refractivity contribution in [2.24, 2.45) is 0 Å². The first-order chi connectivity index (χ1) is 5.66. The van der Waals surface area contributed by atoms with Crippen LogP contribution in [0.4, 0.5) is 0 Å². The van der Waals surface area contributed by atoms with Crippen molar-refractivity contribution in [3.63, 3.8) is 0 Å². The largest absolute Gasteiger partial charge is 0.396 e. The van der Waals surface area contributed by atoms with Crippen LogP contribution in [0.1, 0.15) is 6.42 Å². The van der Waals surface area contributed by atoms with Gasteiger partial charge in [0.15, 0.2) is 0 Å². The number of β-amino-alcohol motifs (C(OH)–C–C–N with tert-alkyl or cyclic N) is 1. The number of hydrogen-bond donors (Lipinski definition) is 5. The molecule has 5 nitrogen and oxygen atoms in total. The zero-order chi connectivity index (χ0) is 9.14. The smallest absolute Gasteiger partial charge is 0.108 e. The minimum Gasteiger partial charge on any atom is -0.396 e. The van der Waals surface area contributed by atoms with E-state index < -0.39 is 18.3 Å². The number of aliphatic hydroxyl groups is 4. The fourth-order valence-electron chi connectivity index (χ4n) is 1.39. The van der Waals surface area contributed by atoms with Crippen LogP contribution in [-0.2, 0) is 0 Å². The van der Waals surface area contributed by atoms with Gasteiger partial charge in [-0.1, -0.05) is 0 Å². The van der Waals surface area contributed by atoms with E-state index in [-0.39, 0.29) is 19.2 Å². The Labute approximate surface area is 70.6 Å². The zero-order valence-electron chi connectivity index (χ0n) is 6.72. The lowest BCUT2D eigenvalue weighted by atomic mass is 9.94. The number of nitrogens with one attached hydrogen (secondary N) is 1. The Morgan fingerprint density at radius 1 is 1.17 bits per heavy atom. The second-order valence-corrected chi connectivity index (χ2v) is 3.08. The third kappa shape index (κ3) is 1.94. The van der Waals surface area contributed by atoms with E-state index in [0.29, 0.717) is 6.42 Å². The van der Waals surface area contributed by atoms with Crippen LogP contribution in [-0.4, -0.2) is 57.9 Å². The molecule has 72 valence electrons. The van der Waals surface area contributed by atoms with Gasteiger partial charge in [-0.2, -0.15) is 0 Å². The fraction of sp³-hybridized carbons (Fsp3) is 1.00.